The molecular weight excluding hydrogens is 214 g/mol. The van der Waals surface area contributed by atoms with Crippen molar-refractivity contribution >= 4 is 17.5 Å². The van der Waals surface area contributed by atoms with E-state index in [2.05, 4.69) is 5.32 Å². The van der Waals surface area contributed by atoms with Crippen molar-refractivity contribution in [3.63, 3.8) is 0 Å². The summed E-state index contributed by atoms with van der Waals surface area (Å²) >= 11 is 5.51. The fourth-order valence-corrected chi connectivity index (χ4v) is 1.90. The molecule has 1 aliphatic rings. The quantitative estimate of drug-likeness (QED) is 0.712. The molecule has 1 saturated heterocycles. The van der Waals surface area contributed by atoms with Crippen molar-refractivity contribution in [2.24, 2.45) is 5.92 Å². The van der Waals surface area contributed by atoms with Crippen molar-refractivity contribution in [1.82, 2.24) is 5.32 Å². The number of carbonyl (C=O) groups excluding carboxylic acids is 1. The number of rotatable bonds is 6. The summed E-state index contributed by atoms with van der Waals surface area (Å²) in [4.78, 5) is 11.2. The lowest BCUT2D eigenvalue weighted by Crippen LogP contribution is -2.27. The van der Waals surface area contributed by atoms with Gasteiger partial charge < -0.3 is 10.1 Å². The normalized spacial score (nSPS) is 17.7. The van der Waals surface area contributed by atoms with Crippen LogP contribution in [0.15, 0.2) is 0 Å². The van der Waals surface area contributed by atoms with Gasteiger partial charge in [0, 0.05) is 32.1 Å². The van der Waals surface area contributed by atoms with Crippen LogP contribution in [0.1, 0.15) is 32.1 Å². The number of amides is 1. The maximum atomic E-state index is 11.2. The van der Waals surface area contributed by atoms with Crippen molar-refractivity contribution in [2.75, 3.05) is 25.6 Å². The van der Waals surface area contributed by atoms with Crippen molar-refractivity contribution in [1.29, 1.82) is 0 Å². The summed E-state index contributed by atoms with van der Waals surface area (Å²) in [6, 6.07) is 0. The van der Waals surface area contributed by atoms with Gasteiger partial charge in [-0.15, -0.1) is 11.6 Å². The van der Waals surface area contributed by atoms with Crippen molar-refractivity contribution in [3.8, 4) is 0 Å². The highest BCUT2D eigenvalue weighted by molar-refractivity contribution is 6.17. The molecular formula is C11H20ClNO2. The molecule has 1 amide bonds. The Labute approximate surface area is 96.5 Å². The number of nitrogens with one attached hydrogen (secondary N) is 1. The monoisotopic (exact) mass is 233 g/mol. The van der Waals surface area contributed by atoms with Crippen molar-refractivity contribution < 1.29 is 9.53 Å². The minimum atomic E-state index is 0.128. The van der Waals surface area contributed by atoms with E-state index in [1.165, 1.54) is 0 Å². The minimum Gasteiger partial charge on any atom is -0.381 e. The van der Waals surface area contributed by atoms with E-state index < -0.39 is 0 Å². The predicted molar refractivity (Wildman–Crippen MR) is 61.1 cm³/mol. The Hall–Kier alpha value is -0.280. The molecule has 4 heteroatoms. The SMILES string of the molecule is O=C(CCCCl)NCCC1CCOCC1. The molecule has 0 spiro atoms. The fourth-order valence-electron chi connectivity index (χ4n) is 1.77. The van der Waals surface area contributed by atoms with E-state index in [0.717, 1.165) is 51.4 Å². The molecule has 0 bridgehead atoms. The first kappa shape index (κ1) is 12.8. The molecule has 1 N–H and O–H groups in total. The van der Waals surface area contributed by atoms with Crippen molar-refractivity contribution in [2.45, 2.75) is 32.1 Å². The third-order valence-electron chi connectivity index (χ3n) is 2.75. The minimum absolute atomic E-state index is 0.128. The smallest absolute Gasteiger partial charge is 0.220 e. The molecule has 1 rings (SSSR count). The van der Waals surface area contributed by atoms with Crippen LogP contribution in [0.5, 0.6) is 0 Å². The van der Waals surface area contributed by atoms with Gasteiger partial charge in [-0.3, -0.25) is 4.79 Å². The summed E-state index contributed by atoms with van der Waals surface area (Å²) in [7, 11) is 0. The van der Waals surface area contributed by atoms with Gasteiger partial charge in [0.15, 0.2) is 0 Å². The summed E-state index contributed by atoms with van der Waals surface area (Å²) in [5.41, 5.74) is 0. The number of alkyl halides is 1. The van der Waals surface area contributed by atoms with Gasteiger partial charge >= 0.3 is 0 Å². The van der Waals surface area contributed by atoms with Crippen molar-refractivity contribution in [3.05, 3.63) is 0 Å². The molecule has 3 nitrogen and oxygen atoms in total. The topological polar surface area (TPSA) is 38.3 Å². The highest BCUT2D eigenvalue weighted by Crippen LogP contribution is 2.17. The van der Waals surface area contributed by atoms with Gasteiger partial charge in [-0.2, -0.15) is 0 Å². The molecule has 88 valence electrons. The molecule has 0 aromatic heterocycles. The predicted octanol–water partition coefficient (Wildman–Crippen LogP) is 1.94. The van der Waals surface area contributed by atoms with Gasteiger partial charge in [0.25, 0.3) is 0 Å². The third-order valence-corrected chi connectivity index (χ3v) is 3.02. The number of carbonyl (C=O) groups is 1. The molecule has 0 radical (unpaired) electrons. The molecule has 0 aromatic rings. The van der Waals surface area contributed by atoms with Crippen LogP contribution < -0.4 is 5.32 Å². The Morgan fingerprint density at radius 3 is 2.80 bits per heavy atom. The fraction of sp³-hybridized carbons (Fsp3) is 0.909. The number of halogens is 1. The second kappa shape index (κ2) is 7.94. The average Bonchev–Trinajstić information content (AvgIpc) is 2.28. The maximum absolute atomic E-state index is 11.2. The Kier molecular flexibility index (Phi) is 6.77. The second-order valence-corrected chi connectivity index (χ2v) is 4.36. The maximum Gasteiger partial charge on any atom is 0.220 e. The Morgan fingerprint density at radius 1 is 1.40 bits per heavy atom. The van der Waals surface area contributed by atoms with Crippen LogP contribution in [-0.2, 0) is 9.53 Å². The first-order valence-electron chi connectivity index (χ1n) is 5.73. The number of ether oxygens (including phenoxy) is 1. The van der Waals surface area contributed by atoms with E-state index in [1.54, 1.807) is 0 Å². The van der Waals surface area contributed by atoms with Crippen LogP contribution in [0.25, 0.3) is 0 Å². The number of hydrogen-bond acceptors (Lipinski definition) is 2. The van der Waals surface area contributed by atoms with E-state index in [9.17, 15) is 4.79 Å². The third kappa shape index (κ3) is 6.00. The molecule has 15 heavy (non-hydrogen) atoms. The molecule has 0 atom stereocenters. The zero-order valence-electron chi connectivity index (χ0n) is 9.14. The average molecular weight is 234 g/mol. The molecule has 1 heterocycles. The molecule has 0 aliphatic carbocycles. The largest absolute Gasteiger partial charge is 0.381 e. The zero-order valence-corrected chi connectivity index (χ0v) is 9.89. The van der Waals surface area contributed by atoms with Gasteiger partial charge in [0.05, 0.1) is 0 Å². The molecule has 1 fully saturated rings. The van der Waals surface area contributed by atoms with Gasteiger partial charge in [0.1, 0.15) is 0 Å². The van der Waals surface area contributed by atoms with E-state index in [-0.39, 0.29) is 5.91 Å². The van der Waals surface area contributed by atoms with E-state index in [0.29, 0.717) is 12.3 Å². The molecule has 0 aromatic carbocycles. The Bertz CT molecular complexity index is 181. The van der Waals surface area contributed by atoms with Crippen LogP contribution in [0.3, 0.4) is 0 Å². The highest BCUT2D eigenvalue weighted by atomic mass is 35.5. The van der Waals surface area contributed by atoms with Crippen LogP contribution in [0.2, 0.25) is 0 Å². The van der Waals surface area contributed by atoms with Crippen LogP contribution in [-0.4, -0.2) is 31.5 Å². The lowest BCUT2D eigenvalue weighted by Gasteiger charge is -2.21. The molecule has 1 aliphatic heterocycles. The second-order valence-electron chi connectivity index (χ2n) is 3.99. The van der Waals surface area contributed by atoms with E-state index in [1.807, 2.05) is 0 Å². The summed E-state index contributed by atoms with van der Waals surface area (Å²) in [6.07, 6.45) is 4.67. The van der Waals surface area contributed by atoms with Gasteiger partial charge in [0.2, 0.25) is 5.91 Å². The van der Waals surface area contributed by atoms with E-state index in [4.69, 9.17) is 16.3 Å². The van der Waals surface area contributed by atoms with Gasteiger partial charge in [-0.1, -0.05) is 0 Å². The Morgan fingerprint density at radius 2 is 2.13 bits per heavy atom. The summed E-state index contributed by atoms with van der Waals surface area (Å²) < 4.78 is 5.28. The standard InChI is InChI=1S/C11H20ClNO2/c12-6-1-2-11(14)13-7-3-10-4-8-15-9-5-10/h10H,1-9H2,(H,13,14). The highest BCUT2D eigenvalue weighted by Gasteiger charge is 2.13. The van der Waals surface area contributed by atoms with E-state index >= 15 is 0 Å². The summed E-state index contributed by atoms with van der Waals surface area (Å²) in [5, 5.41) is 2.93. The lowest BCUT2D eigenvalue weighted by atomic mass is 9.97. The molecule has 0 unspecified atom stereocenters. The van der Waals surface area contributed by atoms with Gasteiger partial charge in [-0.25, -0.2) is 0 Å². The van der Waals surface area contributed by atoms with Crippen LogP contribution in [0.4, 0.5) is 0 Å². The van der Waals surface area contributed by atoms with Crippen LogP contribution >= 0.6 is 11.6 Å². The van der Waals surface area contributed by atoms with Crippen LogP contribution in [0, 0.1) is 5.92 Å². The number of hydrogen-bond donors (Lipinski definition) is 1. The summed E-state index contributed by atoms with van der Waals surface area (Å²) in [5.74, 6) is 1.42. The lowest BCUT2D eigenvalue weighted by molar-refractivity contribution is -0.121. The first-order valence-corrected chi connectivity index (χ1v) is 6.27. The first-order chi connectivity index (χ1) is 7.33. The molecule has 0 saturated carbocycles. The summed E-state index contributed by atoms with van der Waals surface area (Å²) in [6.45, 7) is 2.56. The Balaban J connectivity index is 1.97. The van der Waals surface area contributed by atoms with Gasteiger partial charge in [-0.05, 0) is 31.6 Å². The zero-order chi connectivity index (χ0) is 10.9.